The summed E-state index contributed by atoms with van der Waals surface area (Å²) in [5, 5.41) is 10.9. The lowest BCUT2D eigenvalue weighted by Crippen LogP contribution is -2.39. The van der Waals surface area contributed by atoms with Crippen LogP contribution in [0.4, 0.5) is 14.5 Å². The molecule has 2 aliphatic rings. The summed E-state index contributed by atoms with van der Waals surface area (Å²) >= 11 is 5.98. The summed E-state index contributed by atoms with van der Waals surface area (Å²) in [5.41, 5.74) is -2.16. The number of rotatable bonds is 3. The number of ether oxygens (including phenoxy) is 1. The first-order valence-electron chi connectivity index (χ1n) is 5.88. The van der Waals surface area contributed by atoms with Crippen LogP contribution in [0.3, 0.4) is 0 Å². The molecule has 0 unspecified atom stereocenters. The predicted octanol–water partition coefficient (Wildman–Crippen LogP) is 3.16. The number of benzene rings is 1. The second-order valence-electron chi connectivity index (χ2n) is 4.80. The average molecular weight is 303 g/mol. The molecule has 1 aromatic rings. The maximum absolute atomic E-state index is 13.7. The number of aliphatic imine (C=N–C) groups is 1. The molecule has 1 heterocycles. The van der Waals surface area contributed by atoms with E-state index in [2.05, 4.69) is 4.99 Å². The standard InChI is InChI=1S/C12H9ClF2N2O3/c13-9-2-1-6(17(18)19)3-7(9)12(11(14)15)8-4-10(8)20-5-16-12/h1-3,5,8,10-11H,4H2/t8-,10+,12+/m0/s1. The van der Waals surface area contributed by atoms with E-state index in [0.717, 1.165) is 12.5 Å². The quantitative estimate of drug-likeness (QED) is 0.636. The van der Waals surface area contributed by atoms with Gasteiger partial charge < -0.3 is 4.74 Å². The minimum absolute atomic E-state index is 0.0181. The van der Waals surface area contributed by atoms with Gasteiger partial charge in [0.2, 0.25) is 0 Å². The third-order valence-electron chi connectivity index (χ3n) is 3.72. The van der Waals surface area contributed by atoms with Crippen molar-refractivity contribution in [3.05, 3.63) is 38.9 Å². The van der Waals surface area contributed by atoms with E-state index in [4.69, 9.17) is 16.3 Å². The number of nitrogens with zero attached hydrogens (tertiary/aromatic N) is 2. The Morgan fingerprint density at radius 1 is 1.55 bits per heavy atom. The van der Waals surface area contributed by atoms with Crippen molar-refractivity contribution >= 4 is 23.7 Å². The molecular weight excluding hydrogens is 294 g/mol. The maximum Gasteiger partial charge on any atom is 0.269 e. The topological polar surface area (TPSA) is 64.7 Å². The van der Waals surface area contributed by atoms with Crippen molar-refractivity contribution in [1.82, 2.24) is 0 Å². The maximum atomic E-state index is 13.7. The van der Waals surface area contributed by atoms with Crippen LogP contribution in [0.15, 0.2) is 23.2 Å². The number of alkyl halides is 2. The lowest BCUT2D eigenvalue weighted by molar-refractivity contribution is -0.385. The fraction of sp³-hybridized carbons (Fsp3) is 0.417. The molecule has 0 spiro atoms. The van der Waals surface area contributed by atoms with Crippen LogP contribution in [0.25, 0.3) is 0 Å². The van der Waals surface area contributed by atoms with Crippen molar-refractivity contribution in [3.63, 3.8) is 0 Å². The van der Waals surface area contributed by atoms with Gasteiger partial charge in [0, 0.05) is 28.6 Å². The molecule has 0 saturated heterocycles. The van der Waals surface area contributed by atoms with Crippen LogP contribution >= 0.6 is 11.6 Å². The van der Waals surface area contributed by atoms with E-state index < -0.39 is 22.8 Å². The van der Waals surface area contributed by atoms with Gasteiger partial charge >= 0.3 is 0 Å². The molecule has 1 aromatic carbocycles. The van der Waals surface area contributed by atoms with Crippen LogP contribution in [-0.2, 0) is 10.3 Å². The average Bonchev–Trinajstić information content (AvgIpc) is 3.18. The number of nitro benzene ring substituents is 1. The molecule has 0 N–H and O–H groups in total. The van der Waals surface area contributed by atoms with Gasteiger partial charge in [0.05, 0.1) is 4.92 Å². The van der Waals surface area contributed by atoms with Crippen molar-refractivity contribution < 1.29 is 18.4 Å². The van der Waals surface area contributed by atoms with Gasteiger partial charge in [-0.2, -0.15) is 0 Å². The summed E-state index contributed by atoms with van der Waals surface area (Å²) in [6.45, 7) is 0. The summed E-state index contributed by atoms with van der Waals surface area (Å²) in [6, 6.07) is 3.51. The molecule has 0 aromatic heterocycles. The molecule has 0 radical (unpaired) electrons. The largest absolute Gasteiger partial charge is 0.480 e. The first-order valence-corrected chi connectivity index (χ1v) is 6.26. The Hall–Kier alpha value is -1.76. The molecule has 1 aliphatic carbocycles. The predicted molar refractivity (Wildman–Crippen MR) is 67.3 cm³/mol. The fourth-order valence-electron chi connectivity index (χ4n) is 2.62. The molecule has 0 bridgehead atoms. The SMILES string of the molecule is O=[N+]([O-])c1ccc(Cl)c([C@@]2(C(F)F)N=CO[C@@H]3C[C@@H]32)c1. The van der Waals surface area contributed by atoms with Gasteiger partial charge in [0.15, 0.2) is 11.9 Å². The highest BCUT2D eigenvalue weighted by atomic mass is 35.5. The molecule has 106 valence electrons. The monoisotopic (exact) mass is 302 g/mol. The van der Waals surface area contributed by atoms with Gasteiger partial charge in [-0.15, -0.1) is 0 Å². The lowest BCUT2D eigenvalue weighted by Gasteiger charge is -2.32. The Morgan fingerprint density at radius 3 is 2.95 bits per heavy atom. The first kappa shape index (κ1) is 13.2. The van der Waals surface area contributed by atoms with Gasteiger partial charge in [-0.25, -0.2) is 13.8 Å². The molecule has 20 heavy (non-hydrogen) atoms. The van der Waals surface area contributed by atoms with E-state index in [1.54, 1.807) is 0 Å². The lowest BCUT2D eigenvalue weighted by atomic mass is 9.85. The normalized spacial score (nSPS) is 30.8. The third kappa shape index (κ3) is 1.76. The zero-order chi connectivity index (χ0) is 14.5. The Labute approximate surface area is 117 Å². The van der Waals surface area contributed by atoms with E-state index in [-0.39, 0.29) is 22.4 Å². The Bertz CT molecular complexity index is 610. The summed E-state index contributed by atoms with van der Waals surface area (Å²) in [5.74, 6) is -0.507. The summed E-state index contributed by atoms with van der Waals surface area (Å²) in [6.07, 6.45) is -1.72. The van der Waals surface area contributed by atoms with Crippen molar-refractivity contribution in [2.75, 3.05) is 0 Å². The number of hydrogen-bond donors (Lipinski definition) is 0. The molecule has 1 saturated carbocycles. The molecule has 1 aliphatic heterocycles. The molecule has 5 nitrogen and oxygen atoms in total. The van der Waals surface area contributed by atoms with E-state index in [1.807, 2.05) is 0 Å². The molecule has 8 heteroatoms. The van der Waals surface area contributed by atoms with Crippen LogP contribution in [0.5, 0.6) is 0 Å². The van der Waals surface area contributed by atoms with Crippen LogP contribution in [0, 0.1) is 16.0 Å². The zero-order valence-electron chi connectivity index (χ0n) is 10.0. The minimum atomic E-state index is -2.82. The number of hydrogen-bond acceptors (Lipinski definition) is 4. The van der Waals surface area contributed by atoms with Crippen LogP contribution in [0.2, 0.25) is 5.02 Å². The number of halogens is 3. The highest BCUT2D eigenvalue weighted by molar-refractivity contribution is 6.31. The molecule has 0 amide bonds. The van der Waals surface area contributed by atoms with E-state index in [0.29, 0.717) is 6.42 Å². The number of fused-ring (bicyclic) bond motifs is 1. The molecule has 1 fully saturated rings. The van der Waals surface area contributed by atoms with Crippen molar-refractivity contribution in [3.8, 4) is 0 Å². The van der Waals surface area contributed by atoms with Crippen LogP contribution < -0.4 is 0 Å². The Kier molecular flexibility index (Phi) is 2.89. The van der Waals surface area contributed by atoms with Crippen molar-refractivity contribution in [1.29, 1.82) is 0 Å². The van der Waals surface area contributed by atoms with E-state index >= 15 is 0 Å². The minimum Gasteiger partial charge on any atom is -0.480 e. The van der Waals surface area contributed by atoms with Crippen LogP contribution in [-0.4, -0.2) is 23.9 Å². The smallest absolute Gasteiger partial charge is 0.269 e. The Morgan fingerprint density at radius 2 is 2.30 bits per heavy atom. The molecule has 3 rings (SSSR count). The highest BCUT2D eigenvalue weighted by Crippen LogP contribution is 2.56. The molecular formula is C12H9ClF2N2O3. The van der Waals surface area contributed by atoms with Gasteiger partial charge in [0.25, 0.3) is 12.1 Å². The van der Waals surface area contributed by atoms with Crippen molar-refractivity contribution in [2.45, 2.75) is 24.5 Å². The fourth-order valence-corrected chi connectivity index (χ4v) is 2.88. The second-order valence-corrected chi connectivity index (χ2v) is 5.21. The Balaban J connectivity index is 2.18. The zero-order valence-corrected chi connectivity index (χ0v) is 10.8. The first-order chi connectivity index (χ1) is 9.46. The van der Waals surface area contributed by atoms with Crippen molar-refractivity contribution in [2.24, 2.45) is 10.9 Å². The van der Waals surface area contributed by atoms with Gasteiger partial charge in [0.1, 0.15) is 6.10 Å². The van der Waals surface area contributed by atoms with E-state index in [9.17, 15) is 18.9 Å². The summed E-state index contributed by atoms with van der Waals surface area (Å²) in [7, 11) is 0. The summed E-state index contributed by atoms with van der Waals surface area (Å²) < 4.78 is 32.4. The highest BCUT2D eigenvalue weighted by Gasteiger charge is 2.63. The third-order valence-corrected chi connectivity index (χ3v) is 4.05. The van der Waals surface area contributed by atoms with Crippen LogP contribution in [0.1, 0.15) is 12.0 Å². The molecule has 3 atom stereocenters. The summed E-state index contributed by atoms with van der Waals surface area (Å²) in [4.78, 5) is 14.0. The van der Waals surface area contributed by atoms with Gasteiger partial charge in [-0.3, -0.25) is 10.1 Å². The van der Waals surface area contributed by atoms with Gasteiger partial charge in [-0.05, 0) is 12.5 Å². The number of nitro groups is 1. The van der Waals surface area contributed by atoms with Gasteiger partial charge in [-0.1, -0.05) is 11.6 Å². The number of non-ortho nitro benzene ring substituents is 1. The van der Waals surface area contributed by atoms with E-state index in [1.165, 1.54) is 12.1 Å². The second kappa shape index (κ2) is 4.37.